The lowest BCUT2D eigenvalue weighted by Crippen LogP contribution is -2.24. The summed E-state index contributed by atoms with van der Waals surface area (Å²) in [6.45, 7) is 14.1. The van der Waals surface area contributed by atoms with Gasteiger partial charge in [0.2, 0.25) is 0 Å². The molecule has 6 N–H and O–H groups in total. The van der Waals surface area contributed by atoms with Gasteiger partial charge in [0.25, 0.3) is 23.6 Å². The van der Waals surface area contributed by atoms with Crippen molar-refractivity contribution in [2.24, 2.45) is 0 Å². The normalized spacial score (nSPS) is 15.0. The van der Waals surface area contributed by atoms with Crippen LogP contribution in [0.15, 0.2) is 181 Å². The smallest absolute Gasteiger partial charge is 0.253 e. The van der Waals surface area contributed by atoms with E-state index in [-0.39, 0.29) is 23.6 Å². The Morgan fingerprint density at radius 1 is 0.446 bits per heavy atom. The topological polar surface area (TPSA) is 176 Å². The Kier molecular flexibility index (Phi) is 17.2. The Bertz CT molecular complexity index is 4700. The summed E-state index contributed by atoms with van der Waals surface area (Å²) in [6, 6.07) is 60.5. The van der Waals surface area contributed by atoms with E-state index >= 15 is 0 Å². The number of aromatic nitrogens is 5. The van der Waals surface area contributed by atoms with Crippen molar-refractivity contribution in [3.05, 3.63) is 220 Å². The maximum absolute atomic E-state index is 12.3. The molecular weight excluding hydrogens is 1160 g/mol. The second-order valence-electron chi connectivity index (χ2n) is 23.9. The lowest BCUT2D eigenvalue weighted by molar-refractivity contribution is 0.0948. The van der Waals surface area contributed by atoms with Gasteiger partial charge in [0.05, 0.1) is 54.7 Å². The molecule has 17 heteroatoms. The van der Waals surface area contributed by atoms with Gasteiger partial charge in [0.15, 0.2) is 5.82 Å². The molecule has 5 aromatic heterocycles. The number of rotatable bonds is 11. The van der Waals surface area contributed by atoms with Crippen molar-refractivity contribution >= 4 is 78.7 Å². The first-order valence-corrected chi connectivity index (χ1v) is 33.0. The van der Waals surface area contributed by atoms with Crippen LogP contribution in [0.1, 0.15) is 77.9 Å². The fraction of sp³-hybridized carbons (Fsp3) is 0.240. The predicted octanol–water partition coefficient (Wildman–Crippen LogP) is 12.1. The van der Waals surface area contributed by atoms with Crippen molar-refractivity contribution in [3.63, 3.8) is 0 Å². The average molecular weight is 1240 g/mol. The Morgan fingerprint density at radius 2 is 0.859 bits per heavy atom. The van der Waals surface area contributed by atoms with Crippen LogP contribution in [-0.4, -0.2) is 105 Å². The van der Waals surface area contributed by atoms with E-state index < -0.39 is 0 Å². The number of amides is 4. The van der Waals surface area contributed by atoms with Gasteiger partial charge in [-0.25, -0.2) is 4.98 Å². The molecule has 10 heterocycles. The maximum Gasteiger partial charge on any atom is 0.253 e. The summed E-state index contributed by atoms with van der Waals surface area (Å²) in [5, 5.41) is 23.8. The molecule has 0 unspecified atom stereocenters. The van der Waals surface area contributed by atoms with E-state index in [1.165, 1.54) is 76.4 Å². The van der Waals surface area contributed by atoms with E-state index in [4.69, 9.17) is 4.98 Å². The molecule has 92 heavy (non-hydrogen) atoms. The molecule has 0 spiro atoms. The highest BCUT2D eigenvalue weighted by atomic mass is 32.1. The van der Waals surface area contributed by atoms with Crippen molar-refractivity contribution in [2.75, 3.05) is 52.9 Å². The fourth-order valence-electron chi connectivity index (χ4n) is 13.7. The molecule has 16 nitrogen and oxygen atoms in total. The SMILES string of the molecule is CCNCc1ccc(-c2cc3cccc4c3n2CCNC4=O)cc1.CNCc1ccc(-c2cc3cccc4c3n2CCNC4=O)cc1.O=C1NCCn2c(-c3ccc(CN4CCCC4)cc3)cc3cccc1c32.O=C1NCCn2c(-c3cccs3)nc3cccc1c32. The van der Waals surface area contributed by atoms with E-state index in [9.17, 15) is 19.2 Å². The van der Waals surface area contributed by atoms with E-state index in [1.807, 2.05) is 73.1 Å². The quantitative estimate of drug-likeness (QED) is 0.0741. The average Bonchev–Trinajstić information content (AvgIpc) is 1.66. The zero-order valence-corrected chi connectivity index (χ0v) is 52.7. The highest BCUT2D eigenvalue weighted by molar-refractivity contribution is 7.13. The van der Waals surface area contributed by atoms with Crippen molar-refractivity contribution < 1.29 is 19.2 Å². The van der Waals surface area contributed by atoms with Gasteiger partial charge >= 0.3 is 0 Å². The minimum atomic E-state index is -0.0121. The minimum absolute atomic E-state index is 0.0121. The molecule has 1 saturated heterocycles. The van der Waals surface area contributed by atoms with E-state index in [1.54, 1.807) is 11.3 Å². The monoisotopic (exact) mass is 1240 g/mol. The third-order valence-electron chi connectivity index (χ3n) is 18.0. The van der Waals surface area contributed by atoms with Gasteiger partial charge in [-0.15, -0.1) is 11.3 Å². The first kappa shape index (κ1) is 59.7. The first-order valence-electron chi connectivity index (χ1n) is 32.1. The third kappa shape index (κ3) is 11.9. The zero-order chi connectivity index (χ0) is 62.7. The standard InChI is InChI=1S/C22H23N3O.C20H21N3O.C19H19N3O.C14H11N3OS/c26-22-19-5-3-4-18-14-20(25(21(18)19)13-10-23-22)17-8-6-16(7-9-17)15-24-11-1-2-12-24;1-2-21-13-14-6-8-15(9-7-14)18-12-16-4-3-5-17-19(16)23(18)11-10-22-20(17)24;1-20-12-13-5-7-14(8-6-13)17-11-15-3-2-4-16-18(15)22(17)10-9-21-19(16)23;18-14-9-3-1-4-10-12(9)17(7-6-15-14)13(16-10)11-5-2-8-19-11/h3-9,14H,1-2,10-13,15H2,(H,23,26);3-9,12,21H,2,10-11,13H2,1H3,(H,22,24);2-8,11,20H,9-10,12H2,1H3,(H,21,23);1-5,8H,6-7H2,(H,15,18). The van der Waals surface area contributed by atoms with Crippen LogP contribution in [0.5, 0.6) is 0 Å². The summed E-state index contributed by atoms with van der Waals surface area (Å²) in [5.41, 5.74) is 19.0. The summed E-state index contributed by atoms with van der Waals surface area (Å²) in [7, 11) is 1.95. The molecule has 0 saturated carbocycles. The molecule has 0 radical (unpaired) electrons. The van der Waals surface area contributed by atoms with Gasteiger partial charge < -0.3 is 50.2 Å². The Balaban J connectivity index is 0.000000107. The van der Waals surface area contributed by atoms with Gasteiger partial charge in [-0.3, -0.25) is 24.1 Å². The Hall–Kier alpha value is -9.91. The van der Waals surface area contributed by atoms with Crippen LogP contribution in [0.4, 0.5) is 0 Å². The molecule has 4 amide bonds. The summed E-state index contributed by atoms with van der Waals surface area (Å²) in [6.07, 6.45) is 2.65. The van der Waals surface area contributed by atoms with Gasteiger partial charge in [-0.2, -0.15) is 0 Å². The molecule has 5 aliphatic rings. The number of hydrogen-bond donors (Lipinski definition) is 6. The Morgan fingerprint density at radius 3 is 1.28 bits per heavy atom. The second kappa shape index (κ2) is 26.5. The van der Waals surface area contributed by atoms with Gasteiger partial charge in [-0.05, 0) is 133 Å². The lowest BCUT2D eigenvalue weighted by Gasteiger charge is -2.15. The molecule has 5 aliphatic heterocycles. The number of imidazole rings is 1. The fourth-order valence-corrected chi connectivity index (χ4v) is 14.4. The summed E-state index contributed by atoms with van der Waals surface area (Å²) in [4.78, 5) is 57.2. The van der Waals surface area contributed by atoms with Gasteiger partial charge in [0, 0.05) is 105 Å². The number of benzene rings is 7. The highest BCUT2D eigenvalue weighted by Gasteiger charge is 2.26. The van der Waals surface area contributed by atoms with Crippen LogP contribution in [0.2, 0.25) is 0 Å². The molecule has 1 fully saturated rings. The first-order chi connectivity index (χ1) is 45.2. The zero-order valence-electron chi connectivity index (χ0n) is 51.9. The van der Waals surface area contributed by atoms with Crippen molar-refractivity contribution in [1.29, 1.82) is 0 Å². The van der Waals surface area contributed by atoms with Crippen molar-refractivity contribution in [2.45, 2.75) is 65.6 Å². The lowest BCUT2D eigenvalue weighted by atomic mass is 10.1. The molecule has 0 atom stereocenters. The van der Waals surface area contributed by atoms with Crippen LogP contribution >= 0.6 is 11.3 Å². The minimum Gasteiger partial charge on any atom is -0.350 e. The summed E-state index contributed by atoms with van der Waals surface area (Å²) < 4.78 is 8.96. The van der Waals surface area contributed by atoms with Crippen LogP contribution in [0, 0.1) is 0 Å². The molecule has 12 aromatic rings. The molecule has 0 aliphatic carbocycles. The molecule has 0 bridgehead atoms. The number of carbonyl (C=O) groups excluding carboxylic acids is 4. The largest absolute Gasteiger partial charge is 0.350 e. The molecular formula is C75H74N12O4S. The van der Waals surface area contributed by atoms with Crippen molar-refractivity contribution in [3.8, 4) is 44.5 Å². The van der Waals surface area contributed by atoms with E-state index in [0.717, 1.165) is 123 Å². The van der Waals surface area contributed by atoms with Crippen LogP contribution < -0.4 is 31.9 Å². The molecule has 464 valence electrons. The number of nitrogens with zero attached hydrogens (tertiary/aromatic N) is 6. The number of para-hydroxylation sites is 4. The number of likely N-dealkylation sites (tertiary alicyclic amines) is 1. The summed E-state index contributed by atoms with van der Waals surface area (Å²) in [5.74, 6) is 1.00. The number of hydrogen-bond acceptors (Lipinski definition) is 9. The van der Waals surface area contributed by atoms with E-state index in [2.05, 4.69) is 177 Å². The predicted molar refractivity (Wildman–Crippen MR) is 369 cm³/mol. The van der Waals surface area contributed by atoms with Crippen LogP contribution in [0.3, 0.4) is 0 Å². The van der Waals surface area contributed by atoms with Gasteiger partial charge in [0.1, 0.15) is 0 Å². The molecule has 7 aromatic carbocycles. The second-order valence-corrected chi connectivity index (χ2v) is 24.9. The third-order valence-corrected chi connectivity index (χ3v) is 18.9. The van der Waals surface area contributed by atoms with Crippen LogP contribution in [0.25, 0.3) is 88.2 Å². The van der Waals surface area contributed by atoms with Gasteiger partial charge in [-0.1, -0.05) is 128 Å². The Labute approximate surface area is 538 Å². The van der Waals surface area contributed by atoms with Crippen LogP contribution in [-0.2, 0) is 45.8 Å². The number of carbonyl (C=O) groups is 4. The van der Waals surface area contributed by atoms with Crippen molar-refractivity contribution in [1.82, 2.24) is 60.1 Å². The summed E-state index contributed by atoms with van der Waals surface area (Å²) >= 11 is 1.67. The highest BCUT2D eigenvalue weighted by Crippen LogP contribution is 2.36. The van der Waals surface area contributed by atoms with E-state index in [0.29, 0.717) is 31.7 Å². The maximum atomic E-state index is 12.3. The molecule has 17 rings (SSSR count). The number of thiophene rings is 1. The number of nitrogens with one attached hydrogen (secondary N) is 6.